The number of benzene rings is 1. The lowest BCUT2D eigenvalue weighted by Gasteiger charge is -2.27. The van der Waals surface area contributed by atoms with Gasteiger partial charge in [-0.2, -0.15) is 5.10 Å². The minimum Gasteiger partial charge on any atom is -0.379 e. The van der Waals surface area contributed by atoms with Crippen LogP contribution in [0.2, 0.25) is 0 Å². The Morgan fingerprint density at radius 2 is 1.95 bits per heavy atom. The zero-order valence-electron chi connectivity index (χ0n) is 13.0. The molecule has 0 saturated carbocycles. The molecule has 1 unspecified atom stereocenters. The van der Waals surface area contributed by atoms with Crippen LogP contribution in [-0.2, 0) is 25.0 Å². The molecule has 112 valence electrons. The van der Waals surface area contributed by atoms with Gasteiger partial charge in [0, 0.05) is 12.7 Å². The third kappa shape index (κ3) is 2.62. The fraction of sp³-hybridized carbons (Fsp3) is 0.500. The third-order valence-corrected chi connectivity index (χ3v) is 4.56. The van der Waals surface area contributed by atoms with E-state index in [1.54, 1.807) is 6.20 Å². The second-order valence-corrected chi connectivity index (χ2v) is 6.20. The molecule has 0 fully saturated rings. The van der Waals surface area contributed by atoms with E-state index >= 15 is 0 Å². The second-order valence-electron chi connectivity index (χ2n) is 6.20. The molecule has 0 bridgehead atoms. The van der Waals surface area contributed by atoms with Gasteiger partial charge in [0.05, 0.1) is 5.69 Å². The Morgan fingerprint density at radius 1 is 1.19 bits per heavy atom. The third-order valence-electron chi connectivity index (χ3n) is 4.56. The predicted octanol–water partition coefficient (Wildman–Crippen LogP) is 3.43. The lowest BCUT2D eigenvalue weighted by molar-refractivity contribution is 0.0913. The van der Waals surface area contributed by atoms with Gasteiger partial charge in [-0.3, -0.25) is 4.68 Å². The van der Waals surface area contributed by atoms with Gasteiger partial charge in [-0.1, -0.05) is 25.1 Å². The summed E-state index contributed by atoms with van der Waals surface area (Å²) in [5, 5.41) is 15.4. The van der Waals surface area contributed by atoms with E-state index in [0.29, 0.717) is 0 Å². The van der Waals surface area contributed by atoms with Crippen molar-refractivity contribution < 1.29 is 5.11 Å². The predicted molar refractivity (Wildman–Crippen MR) is 84.3 cm³/mol. The lowest BCUT2D eigenvalue weighted by atomic mass is 9.85. The van der Waals surface area contributed by atoms with Gasteiger partial charge in [0.15, 0.2) is 0 Å². The summed E-state index contributed by atoms with van der Waals surface area (Å²) in [7, 11) is 0. The SMILES string of the molecule is CCCn1nccc1C(C)(O)c1ccc2c(c1)CCCC2. The molecule has 0 spiro atoms. The first-order valence-electron chi connectivity index (χ1n) is 8.00. The maximum atomic E-state index is 11.1. The van der Waals surface area contributed by atoms with Crippen molar-refractivity contribution in [2.45, 2.75) is 58.1 Å². The van der Waals surface area contributed by atoms with Crippen molar-refractivity contribution in [3.05, 3.63) is 52.8 Å². The number of hydrogen-bond donors (Lipinski definition) is 1. The van der Waals surface area contributed by atoms with Crippen LogP contribution in [0.4, 0.5) is 0 Å². The van der Waals surface area contributed by atoms with Gasteiger partial charge in [0.25, 0.3) is 0 Å². The van der Waals surface area contributed by atoms with Crippen molar-refractivity contribution in [3.8, 4) is 0 Å². The molecule has 0 aliphatic heterocycles. The van der Waals surface area contributed by atoms with Crippen molar-refractivity contribution in [1.29, 1.82) is 0 Å². The quantitative estimate of drug-likeness (QED) is 0.934. The number of hydrogen-bond acceptors (Lipinski definition) is 2. The highest BCUT2D eigenvalue weighted by Gasteiger charge is 2.30. The number of aliphatic hydroxyl groups is 1. The van der Waals surface area contributed by atoms with Gasteiger partial charge < -0.3 is 5.11 Å². The molecule has 1 aliphatic rings. The number of aryl methyl sites for hydroxylation is 3. The van der Waals surface area contributed by atoms with E-state index in [4.69, 9.17) is 0 Å². The molecule has 1 aromatic heterocycles. The number of fused-ring (bicyclic) bond motifs is 1. The molecular weight excluding hydrogens is 260 g/mol. The minimum absolute atomic E-state index is 0.837. The van der Waals surface area contributed by atoms with Gasteiger partial charge in [-0.15, -0.1) is 0 Å². The van der Waals surface area contributed by atoms with Crippen LogP contribution in [0.1, 0.15) is 55.5 Å². The summed E-state index contributed by atoms with van der Waals surface area (Å²) in [6.45, 7) is 4.84. The number of nitrogens with zero attached hydrogens (tertiary/aromatic N) is 2. The Kier molecular flexibility index (Phi) is 3.85. The number of aromatic nitrogens is 2. The first-order valence-corrected chi connectivity index (χ1v) is 8.00. The highest BCUT2D eigenvalue weighted by molar-refractivity contribution is 5.39. The number of rotatable bonds is 4. The largest absolute Gasteiger partial charge is 0.379 e. The molecule has 1 heterocycles. The van der Waals surface area contributed by atoms with Crippen molar-refractivity contribution in [3.63, 3.8) is 0 Å². The maximum absolute atomic E-state index is 11.1. The maximum Gasteiger partial charge on any atom is 0.128 e. The summed E-state index contributed by atoms with van der Waals surface area (Å²) < 4.78 is 1.92. The average Bonchev–Trinajstić information content (AvgIpc) is 2.96. The van der Waals surface area contributed by atoms with Crippen LogP contribution >= 0.6 is 0 Å². The van der Waals surface area contributed by atoms with E-state index in [0.717, 1.165) is 30.6 Å². The summed E-state index contributed by atoms with van der Waals surface area (Å²) >= 11 is 0. The Balaban J connectivity index is 1.99. The smallest absolute Gasteiger partial charge is 0.128 e. The van der Waals surface area contributed by atoms with Crippen molar-refractivity contribution in [1.82, 2.24) is 9.78 Å². The molecule has 2 aromatic rings. The molecule has 1 atom stereocenters. The Bertz CT molecular complexity index is 628. The Morgan fingerprint density at radius 3 is 2.71 bits per heavy atom. The lowest BCUT2D eigenvalue weighted by Crippen LogP contribution is -2.27. The summed E-state index contributed by atoms with van der Waals surface area (Å²) in [5.74, 6) is 0. The van der Waals surface area contributed by atoms with E-state index < -0.39 is 5.60 Å². The molecule has 0 amide bonds. The minimum atomic E-state index is -0.988. The van der Waals surface area contributed by atoms with Crippen LogP contribution in [0.25, 0.3) is 0 Å². The average molecular weight is 284 g/mol. The molecular formula is C18H24N2O. The Labute approximate surface area is 126 Å². The van der Waals surface area contributed by atoms with Gasteiger partial charge in [-0.05, 0) is 61.8 Å². The molecule has 0 saturated heterocycles. The first kappa shape index (κ1) is 14.3. The summed E-state index contributed by atoms with van der Waals surface area (Å²) in [5.41, 5.74) is 3.71. The van der Waals surface area contributed by atoms with E-state index in [2.05, 4.69) is 30.2 Å². The molecule has 0 radical (unpaired) electrons. The normalized spacial score (nSPS) is 17.3. The standard InChI is InChI=1S/C18H24N2O/c1-3-12-20-17(10-11-19-20)18(2,21)16-9-8-14-6-4-5-7-15(14)13-16/h8-11,13,21H,3-7,12H2,1-2H3. The van der Waals surface area contributed by atoms with Crippen LogP contribution in [0.15, 0.2) is 30.5 Å². The van der Waals surface area contributed by atoms with E-state index in [1.165, 1.54) is 30.4 Å². The van der Waals surface area contributed by atoms with Gasteiger partial charge in [0.2, 0.25) is 0 Å². The summed E-state index contributed by atoms with van der Waals surface area (Å²) in [6.07, 6.45) is 7.63. The molecule has 3 nitrogen and oxygen atoms in total. The molecule has 21 heavy (non-hydrogen) atoms. The van der Waals surface area contributed by atoms with Crippen molar-refractivity contribution in [2.75, 3.05) is 0 Å². The van der Waals surface area contributed by atoms with Gasteiger partial charge in [0.1, 0.15) is 5.60 Å². The summed E-state index contributed by atoms with van der Waals surface area (Å²) in [4.78, 5) is 0. The van der Waals surface area contributed by atoms with E-state index in [1.807, 2.05) is 17.7 Å². The van der Waals surface area contributed by atoms with E-state index in [-0.39, 0.29) is 0 Å². The highest BCUT2D eigenvalue weighted by Crippen LogP contribution is 2.32. The first-order chi connectivity index (χ1) is 10.1. The second kappa shape index (κ2) is 5.64. The molecule has 3 heteroatoms. The van der Waals surface area contributed by atoms with Crippen LogP contribution in [0, 0.1) is 0 Å². The fourth-order valence-corrected chi connectivity index (χ4v) is 3.32. The topological polar surface area (TPSA) is 38.0 Å². The van der Waals surface area contributed by atoms with Gasteiger partial charge in [-0.25, -0.2) is 0 Å². The summed E-state index contributed by atoms with van der Waals surface area (Å²) in [6, 6.07) is 8.39. The monoisotopic (exact) mass is 284 g/mol. The van der Waals surface area contributed by atoms with Gasteiger partial charge >= 0.3 is 0 Å². The van der Waals surface area contributed by atoms with Crippen LogP contribution in [-0.4, -0.2) is 14.9 Å². The molecule has 3 rings (SSSR count). The Hall–Kier alpha value is -1.61. The van der Waals surface area contributed by atoms with Crippen LogP contribution < -0.4 is 0 Å². The van der Waals surface area contributed by atoms with Crippen molar-refractivity contribution in [2.24, 2.45) is 0 Å². The fourth-order valence-electron chi connectivity index (χ4n) is 3.32. The van der Waals surface area contributed by atoms with Crippen LogP contribution in [0.3, 0.4) is 0 Å². The van der Waals surface area contributed by atoms with Crippen LogP contribution in [0.5, 0.6) is 0 Å². The highest BCUT2D eigenvalue weighted by atomic mass is 16.3. The van der Waals surface area contributed by atoms with E-state index in [9.17, 15) is 5.11 Å². The zero-order chi connectivity index (χ0) is 14.9. The molecule has 1 aliphatic carbocycles. The molecule has 1 aromatic carbocycles. The molecule has 1 N–H and O–H groups in total. The zero-order valence-corrected chi connectivity index (χ0v) is 13.0. The van der Waals surface area contributed by atoms with Crippen molar-refractivity contribution >= 4 is 0 Å².